The molecule has 22 heavy (non-hydrogen) atoms. The highest BCUT2D eigenvalue weighted by molar-refractivity contribution is 7.98. The Bertz CT molecular complexity index is 442. The molecule has 1 aromatic rings. The zero-order chi connectivity index (χ0) is 16.4. The van der Waals surface area contributed by atoms with Gasteiger partial charge in [-0.2, -0.15) is 11.8 Å². The molecule has 0 saturated carbocycles. The lowest BCUT2D eigenvalue weighted by atomic mass is 10.0. The quantitative estimate of drug-likeness (QED) is 0.438. The van der Waals surface area contributed by atoms with Crippen molar-refractivity contribution in [3.63, 3.8) is 0 Å². The SMILES string of the molecule is CCc1ccc(C(CNC(=NC)NCCSC)N(C)C)cc1. The van der Waals surface area contributed by atoms with E-state index in [1.54, 1.807) is 0 Å². The Balaban J connectivity index is 2.63. The predicted molar refractivity (Wildman–Crippen MR) is 100.0 cm³/mol. The molecule has 0 heterocycles. The van der Waals surface area contributed by atoms with Crippen molar-refractivity contribution >= 4 is 17.7 Å². The number of hydrogen-bond acceptors (Lipinski definition) is 3. The van der Waals surface area contributed by atoms with Crippen LogP contribution in [0.4, 0.5) is 0 Å². The summed E-state index contributed by atoms with van der Waals surface area (Å²) in [5.74, 6) is 1.95. The first-order valence-electron chi connectivity index (χ1n) is 7.81. The molecule has 0 aliphatic heterocycles. The normalized spacial score (nSPS) is 13.3. The van der Waals surface area contributed by atoms with E-state index < -0.39 is 0 Å². The van der Waals surface area contributed by atoms with Crippen LogP contribution in [0.25, 0.3) is 0 Å². The number of hydrogen-bond donors (Lipinski definition) is 2. The van der Waals surface area contributed by atoms with Crippen molar-refractivity contribution in [1.82, 2.24) is 15.5 Å². The van der Waals surface area contributed by atoms with E-state index in [4.69, 9.17) is 0 Å². The van der Waals surface area contributed by atoms with E-state index in [2.05, 4.69) is 72.1 Å². The third kappa shape index (κ3) is 6.28. The van der Waals surface area contributed by atoms with Gasteiger partial charge in [-0.1, -0.05) is 31.2 Å². The van der Waals surface area contributed by atoms with E-state index in [0.717, 1.165) is 31.2 Å². The highest BCUT2D eigenvalue weighted by atomic mass is 32.2. The van der Waals surface area contributed by atoms with Crippen molar-refractivity contribution < 1.29 is 0 Å². The molecule has 0 aromatic heterocycles. The zero-order valence-corrected chi connectivity index (χ0v) is 15.3. The zero-order valence-electron chi connectivity index (χ0n) is 14.5. The molecule has 5 heteroatoms. The maximum Gasteiger partial charge on any atom is 0.191 e. The number of likely N-dealkylation sites (N-methyl/N-ethyl adjacent to an activating group) is 1. The Kier molecular flexibility index (Phi) is 9.01. The molecule has 0 saturated heterocycles. The molecular weight excluding hydrogens is 292 g/mol. The molecule has 1 atom stereocenters. The van der Waals surface area contributed by atoms with Crippen LogP contribution in [0.5, 0.6) is 0 Å². The molecule has 0 aliphatic carbocycles. The summed E-state index contributed by atoms with van der Waals surface area (Å²) >= 11 is 1.83. The fourth-order valence-electron chi connectivity index (χ4n) is 2.26. The number of aryl methyl sites for hydroxylation is 1. The largest absolute Gasteiger partial charge is 0.356 e. The molecular formula is C17H30N4S. The fourth-order valence-corrected chi connectivity index (χ4v) is 2.57. The van der Waals surface area contributed by atoms with Gasteiger partial charge in [-0.25, -0.2) is 0 Å². The van der Waals surface area contributed by atoms with Crippen LogP contribution < -0.4 is 10.6 Å². The lowest BCUT2D eigenvalue weighted by molar-refractivity contribution is 0.298. The Morgan fingerprint density at radius 1 is 1.23 bits per heavy atom. The number of nitrogens with one attached hydrogen (secondary N) is 2. The van der Waals surface area contributed by atoms with Crippen LogP contribution in [0.1, 0.15) is 24.1 Å². The van der Waals surface area contributed by atoms with E-state index in [9.17, 15) is 0 Å². The summed E-state index contributed by atoms with van der Waals surface area (Å²) in [6.07, 6.45) is 3.19. The summed E-state index contributed by atoms with van der Waals surface area (Å²) in [6, 6.07) is 9.23. The summed E-state index contributed by atoms with van der Waals surface area (Å²) in [4.78, 5) is 6.52. The monoisotopic (exact) mass is 322 g/mol. The van der Waals surface area contributed by atoms with Gasteiger partial charge in [0.1, 0.15) is 0 Å². The third-order valence-electron chi connectivity index (χ3n) is 3.68. The van der Waals surface area contributed by atoms with Gasteiger partial charge >= 0.3 is 0 Å². The number of aliphatic imine (C=N–C) groups is 1. The molecule has 4 nitrogen and oxygen atoms in total. The Hall–Kier alpha value is -1.20. The minimum Gasteiger partial charge on any atom is -0.356 e. The van der Waals surface area contributed by atoms with Gasteiger partial charge in [-0.15, -0.1) is 0 Å². The van der Waals surface area contributed by atoms with Crippen molar-refractivity contribution in [2.75, 3.05) is 46.2 Å². The van der Waals surface area contributed by atoms with E-state index in [1.807, 2.05) is 18.8 Å². The third-order valence-corrected chi connectivity index (χ3v) is 4.29. The summed E-state index contributed by atoms with van der Waals surface area (Å²) in [5.41, 5.74) is 2.71. The molecule has 0 amide bonds. The van der Waals surface area contributed by atoms with E-state index >= 15 is 0 Å². The van der Waals surface area contributed by atoms with Crippen LogP contribution in [-0.4, -0.2) is 57.1 Å². The first-order valence-corrected chi connectivity index (χ1v) is 9.20. The average Bonchev–Trinajstić information content (AvgIpc) is 2.53. The molecule has 0 radical (unpaired) electrons. The maximum absolute atomic E-state index is 4.28. The molecule has 0 aliphatic rings. The van der Waals surface area contributed by atoms with Crippen LogP contribution in [-0.2, 0) is 6.42 Å². The van der Waals surface area contributed by atoms with Gasteiger partial charge in [0.15, 0.2) is 5.96 Å². The second-order valence-electron chi connectivity index (χ2n) is 5.45. The lowest BCUT2D eigenvalue weighted by Gasteiger charge is -2.26. The van der Waals surface area contributed by atoms with Gasteiger partial charge in [0.25, 0.3) is 0 Å². The number of rotatable bonds is 8. The first kappa shape index (κ1) is 18.8. The summed E-state index contributed by atoms with van der Waals surface area (Å²) in [6.45, 7) is 3.94. The van der Waals surface area contributed by atoms with Crippen molar-refractivity contribution in [2.24, 2.45) is 4.99 Å². The average molecular weight is 323 g/mol. The minimum atomic E-state index is 0.324. The lowest BCUT2D eigenvalue weighted by Crippen LogP contribution is -2.42. The number of guanidine groups is 1. The highest BCUT2D eigenvalue weighted by Crippen LogP contribution is 2.18. The molecule has 124 valence electrons. The van der Waals surface area contributed by atoms with Crippen LogP contribution in [0.15, 0.2) is 29.3 Å². The summed E-state index contributed by atoms with van der Waals surface area (Å²) < 4.78 is 0. The van der Waals surface area contributed by atoms with E-state index in [0.29, 0.717) is 6.04 Å². The molecule has 2 N–H and O–H groups in total. The smallest absolute Gasteiger partial charge is 0.191 e. The van der Waals surface area contributed by atoms with Crippen molar-refractivity contribution in [1.29, 1.82) is 0 Å². The number of thioether (sulfide) groups is 1. The molecule has 0 bridgehead atoms. The van der Waals surface area contributed by atoms with Gasteiger partial charge in [0, 0.05) is 25.9 Å². The standard InChI is InChI=1S/C17H30N4S/c1-6-14-7-9-15(10-8-14)16(21(3)4)13-20-17(18-2)19-11-12-22-5/h7-10,16H,6,11-13H2,1-5H3,(H2,18,19,20). The predicted octanol–water partition coefficient (Wildman–Crippen LogP) is 2.38. The molecule has 0 spiro atoms. The minimum absolute atomic E-state index is 0.324. The van der Waals surface area contributed by atoms with Gasteiger partial charge < -0.3 is 15.5 Å². The molecule has 1 aromatic carbocycles. The maximum atomic E-state index is 4.28. The fraction of sp³-hybridized carbons (Fsp3) is 0.588. The van der Waals surface area contributed by atoms with Gasteiger partial charge in [0.2, 0.25) is 0 Å². The van der Waals surface area contributed by atoms with Crippen molar-refractivity contribution in [3.8, 4) is 0 Å². The van der Waals surface area contributed by atoms with Gasteiger partial charge in [-0.05, 0) is 37.9 Å². The van der Waals surface area contributed by atoms with Gasteiger partial charge in [-0.3, -0.25) is 4.99 Å². The van der Waals surface area contributed by atoms with Crippen LogP contribution in [0.2, 0.25) is 0 Å². The summed E-state index contributed by atoms with van der Waals surface area (Å²) in [7, 11) is 6.04. The molecule has 1 unspecified atom stereocenters. The number of nitrogens with zero attached hydrogens (tertiary/aromatic N) is 2. The van der Waals surface area contributed by atoms with Crippen LogP contribution in [0, 0.1) is 0 Å². The second-order valence-corrected chi connectivity index (χ2v) is 6.43. The second kappa shape index (κ2) is 10.5. The topological polar surface area (TPSA) is 39.7 Å². The highest BCUT2D eigenvalue weighted by Gasteiger charge is 2.14. The Morgan fingerprint density at radius 2 is 1.91 bits per heavy atom. The first-order chi connectivity index (χ1) is 10.6. The Morgan fingerprint density at radius 3 is 2.41 bits per heavy atom. The van der Waals surface area contributed by atoms with Gasteiger partial charge in [0.05, 0.1) is 6.04 Å². The Labute approximate surface area is 139 Å². The molecule has 1 rings (SSSR count). The van der Waals surface area contributed by atoms with Crippen molar-refractivity contribution in [3.05, 3.63) is 35.4 Å². The molecule has 0 fully saturated rings. The summed E-state index contributed by atoms with van der Waals surface area (Å²) in [5, 5.41) is 6.76. The van der Waals surface area contributed by atoms with Crippen molar-refractivity contribution in [2.45, 2.75) is 19.4 Å². The van der Waals surface area contributed by atoms with Crippen LogP contribution >= 0.6 is 11.8 Å². The van der Waals surface area contributed by atoms with E-state index in [1.165, 1.54) is 11.1 Å². The van der Waals surface area contributed by atoms with Crippen LogP contribution in [0.3, 0.4) is 0 Å². The number of benzene rings is 1. The van der Waals surface area contributed by atoms with E-state index in [-0.39, 0.29) is 0 Å².